The van der Waals surface area contributed by atoms with Gasteiger partial charge in [-0.15, -0.1) is 0 Å². The molecule has 7 nitrogen and oxygen atoms in total. The molecule has 4 rings (SSSR count). The molecule has 29 heavy (non-hydrogen) atoms. The molecule has 0 bridgehead atoms. The number of aromatic nitrogens is 3. The van der Waals surface area contributed by atoms with Crippen LogP contribution >= 0.6 is 11.8 Å². The lowest BCUT2D eigenvalue weighted by molar-refractivity contribution is -0.387. The zero-order chi connectivity index (χ0) is 20.4. The van der Waals surface area contributed by atoms with Crippen molar-refractivity contribution in [3.63, 3.8) is 0 Å². The number of nitro groups is 1. The van der Waals surface area contributed by atoms with E-state index in [2.05, 4.69) is 20.3 Å². The second kappa shape index (κ2) is 7.76. The molecule has 0 spiro atoms. The van der Waals surface area contributed by atoms with Gasteiger partial charge >= 0.3 is 5.69 Å². The zero-order valence-corrected chi connectivity index (χ0v) is 15.4. The molecule has 0 radical (unpaired) electrons. The molecule has 1 N–H and O–H groups in total. The van der Waals surface area contributed by atoms with E-state index < -0.39 is 16.6 Å². The molecule has 0 aliphatic rings. The highest BCUT2D eigenvalue weighted by Gasteiger charge is 2.24. The SMILES string of the molecule is O=[N+]([O-])c1c(Nc2ccc(F)c(F)c2)ncnc1Sc1cccc2cccnc12. The van der Waals surface area contributed by atoms with E-state index in [9.17, 15) is 18.9 Å². The van der Waals surface area contributed by atoms with Crippen LogP contribution in [0.25, 0.3) is 10.9 Å². The van der Waals surface area contributed by atoms with Gasteiger partial charge in [0.25, 0.3) is 0 Å². The second-order valence-electron chi connectivity index (χ2n) is 5.82. The van der Waals surface area contributed by atoms with E-state index in [1.807, 2.05) is 18.2 Å². The van der Waals surface area contributed by atoms with Gasteiger partial charge in [-0.05, 0) is 24.3 Å². The number of nitrogens with zero attached hydrogens (tertiary/aromatic N) is 4. The minimum Gasteiger partial charge on any atom is -0.334 e. The van der Waals surface area contributed by atoms with Crippen molar-refractivity contribution in [2.75, 3.05) is 5.32 Å². The van der Waals surface area contributed by atoms with Crippen molar-refractivity contribution in [3.05, 3.63) is 82.8 Å². The molecule has 2 heterocycles. The van der Waals surface area contributed by atoms with Gasteiger partial charge in [-0.3, -0.25) is 15.1 Å². The molecular formula is C19H11F2N5O2S. The van der Waals surface area contributed by atoms with Gasteiger partial charge in [0.1, 0.15) is 6.33 Å². The molecule has 0 fully saturated rings. The van der Waals surface area contributed by atoms with Crippen molar-refractivity contribution >= 4 is 39.9 Å². The first kappa shape index (κ1) is 18.7. The van der Waals surface area contributed by atoms with Gasteiger partial charge in [-0.25, -0.2) is 18.7 Å². The van der Waals surface area contributed by atoms with Gasteiger partial charge in [0.2, 0.25) is 5.82 Å². The lowest BCUT2D eigenvalue weighted by Gasteiger charge is -2.09. The third-order valence-corrected chi connectivity index (χ3v) is 5.00. The Morgan fingerprint density at radius 3 is 2.62 bits per heavy atom. The van der Waals surface area contributed by atoms with Gasteiger partial charge in [0.15, 0.2) is 16.7 Å². The molecule has 0 aliphatic carbocycles. The fourth-order valence-corrected chi connectivity index (χ4v) is 3.66. The Balaban J connectivity index is 1.75. The van der Waals surface area contributed by atoms with Crippen LogP contribution in [-0.2, 0) is 0 Å². The average molecular weight is 411 g/mol. The number of nitrogens with one attached hydrogen (secondary N) is 1. The maximum Gasteiger partial charge on any atom is 0.343 e. The first-order chi connectivity index (χ1) is 14.0. The summed E-state index contributed by atoms with van der Waals surface area (Å²) in [5.41, 5.74) is 0.423. The number of fused-ring (bicyclic) bond motifs is 1. The summed E-state index contributed by atoms with van der Waals surface area (Å²) in [6.45, 7) is 0. The van der Waals surface area contributed by atoms with Gasteiger partial charge < -0.3 is 5.32 Å². The third-order valence-electron chi connectivity index (χ3n) is 3.96. The van der Waals surface area contributed by atoms with Crippen molar-refractivity contribution in [1.29, 1.82) is 0 Å². The highest BCUT2D eigenvalue weighted by molar-refractivity contribution is 7.99. The highest BCUT2D eigenvalue weighted by Crippen LogP contribution is 2.39. The molecule has 0 aliphatic heterocycles. The molecule has 2 aromatic carbocycles. The number of hydrogen-bond acceptors (Lipinski definition) is 7. The maximum absolute atomic E-state index is 13.5. The predicted molar refractivity (Wildman–Crippen MR) is 104 cm³/mol. The van der Waals surface area contributed by atoms with E-state index in [4.69, 9.17) is 0 Å². The fourth-order valence-electron chi connectivity index (χ4n) is 2.67. The van der Waals surface area contributed by atoms with Gasteiger partial charge in [0, 0.05) is 28.2 Å². The van der Waals surface area contributed by atoms with Crippen molar-refractivity contribution in [3.8, 4) is 0 Å². The number of benzene rings is 2. The molecule has 0 atom stereocenters. The summed E-state index contributed by atoms with van der Waals surface area (Å²) in [6, 6.07) is 12.2. The quantitative estimate of drug-likeness (QED) is 0.277. The van der Waals surface area contributed by atoms with Gasteiger partial charge in [-0.2, -0.15) is 0 Å². The van der Waals surface area contributed by atoms with E-state index >= 15 is 0 Å². The lowest BCUT2D eigenvalue weighted by Crippen LogP contribution is -2.03. The maximum atomic E-state index is 13.5. The van der Waals surface area contributed by atoms with E-state index in [0.717, 1.165) is 35.6 Å². The number of rotatable bonds is 5. The smallest absolute Gasteiger partial charge is 0.334 e. The minimum atomic E-state index is -1.08. The minimum absolute atomic E-state index is 0.0910. The molecule has 2 aromatic heterocycles. The topological polar surface area (TPSA) is 93.8 Å². The Bertz CT molecular complexity index is 1230. The van der Waals surface area contributed by atoms with Gasteiger partial charge in [0.05, 0.1) is 10.4 Å². The van der Waals surface area contributed by atoms with Crippen LogP contribution in [0.15, 0.2) is 71.0 Å². The van der Waals surface area contributed by atoms with E-state index in [-0.39, 0.29) is 22.2 Å². The van der Waals surface area contributed by atoms with Crippen LogP contribution in [0.4, 0.5) is 26.0 Å². The van der Waals surface area contributed by atoms with Crippen LogP contribution in [0.3, 0.4) is 0 Å². The summed E-state index contributed by atoms with van der Waals surface area (Å²) in [6.07, 6.45) is 2.80. The molecule has 0 unspecified atom stereocenters. The lowest BCUT2D eigenvalue weighted by atomic mass is 10.2. The van der Waals surface area contributed by atoms with Crippen LogP contribution in [-0.4, -0.2) is 19.9 Å². The number of hydrogen-bond donors (Lipinski definition) is 1. The van der Waals surface area contributed by atoms with Crippen LogP contribution < -0.4 is 5.32 Å². The number of anilines is 2. The van der Waals surface area contributed by atoms with Crippen LogP contribution in [0.2, 0.25) is 0 Å². The molecule has 4 aromatic rings. The summed E-state index contributed by atoms with van der Waals surface area (Å²) < 4.78 is 26.6. The largest absolute Gasteiger partial charge is 0.343 e. The fraction of sp³-hybridized carbons (Fsp3) is 0. The number of halogens is 2. The summed E-state index contributed by atoms with van der Waals surface area (Å²) in [7, 11) is 0. The zero-order valence-electron chi connectivity index (χ0n) is 14.5. The standard InChI is InChI=1S/C19H11F2N5O2S/c20-13-7-6-12(9-14(13)21)25-18-17(26(27)28)19(24-10-23-18)29-15-5-1-3-11-4-2-8-22-16(11)15/h1-10H,(H,23,24,25). The Hall–Kier alpha value is -3.66. The number of pyridine rings is 1. The van der Waals surface area contributed by atoms with Crippen LogP contribution in [0.1, 0.15) is 0 Å². The monoisotopic (exact) mass is 411 g/mol. The summed E-state index contributed by atoms with van der Waals surface area (Å²) >= 11 is 1.07. The van der Waals surface area contributed by atoms with Gasteiger partial charge in [-0.1, -0.05) is 30.0 Å². The summed E-state index contributed by atoms with van der Waals surface area (Å²) in [5.74, 6) is -2.23. The molecule has 0 saturated heterocycles. The Kier molecular flexibility index (Phi) is 5.00. The number of para-hydroxylation sites is 1. The third kappa shape index (κ3) is 3.83. The van der Waals surface area contributed by atoms with E-state index in [1.54, 1.807) is 18.3 Å². The van der Waals surface area contributed by atoms with Crippen molar-refractivity contribution in [2.45, 2.75) is 9.92 Å². The highest BCUT2D eigenvalue weighted by atomic mass is 32.2. The summed E-state index contributed by atoms with van der Waals surface area (Å²) in [5, 5.41) is 15.4. The second-order valence-corrected chi connectivity index (χ2v) is 6.85. The van der Waals surface area contributed by atoms with Crippen molar-refractivity contribution < 1.29 is 13.7 Å². The van der Waals surface area contributed by atoms with Crippen LogP contribution in [0, 0.1) is 21.7 Å². The normalized spacial score (nSPS) is 10.8. The Morgan fingerprint density at radius 1 is 1.00 bits per heavy atom. The first-order valence-corrected chi connectivity index (χ1v) is 9.07. The van der Waals surface area contributed by atoms with Crippen LogP contribution in [0.5, 0.6) is 0 Å². The molecule has 0 saturated carbocycles. The predicted octanol–water partition coefficient (Wildman–Crippen LogP) is 5.11. The van der Waals surface area contributed by atoms with E-state index in [1.165, 1.54) is 6.07 Å². The average Bonchev–Trinajstić information content (AvgIpc) is 2.71. The molecule has 10 heteroatoms. The Labute approximate surface area is 167 Å². The molecular weight excluding hydrogens is 400 g/mol. The molecule has 0 amide bonds. The van der Waals surface area contributed by atoms with Crippen molar-refractivity contribution in [1.82, 2.24) is 15.0 Å². The molecule has 144 valence electrons. The van der Waals surface area contributed by atoms with E-state index in [0.29, 0.717) is 10.4 Å². The summed E-state index contributed by atoms with van der Waals surface area (Å²) in [4.78, 5) is 24.1. The van der Waals surface area contributed by atoms with Crippen molar-refractivity contribution in [2.24, 2.45) is 0 Å². The Morgan fingerprint density at radius 2 is 1.83 bits per heavy atom. The first-order valence-electron chi connectivity index (χ1n) is 8.26.